The van der Waals surface area contributed by atoms with Crippen LogP contribution in [0.4, 0.5) is 0 Å². The molecule has 0 unspecified atom stereocenters. The van der Waals surface area contributed by atoms with Crippen LogP contribution >= 0.6 is 65.7 Å². The van der Waals surface area contributed by atoms with Gasteiger partial charge in [-0.1, -0.05) is 49.4 Å². The van der Waals surface area contributed by atoms with Crippen LogP contribution in [-0.2, 0) is 0 Å². The summed E-state index contributed by atoms with van der Waals surface area (Å²) in [4.78, 5) is 4.38. The van der Waals surface area contributed by atoms with Crippen LogP contribution in [0.1, 0.15) is 25.7 Å². The summed E-state index contributed by atoms with van der Waals surface area (Å²) >= 11 is 10.9. The van der Waals surface area contributed by atoms with Gasteiger partial charge in [-0.2, -0.15) is 0 Å². The van der Waals surface area contributed by atoms with Crippen molar-refractivity contribution in [2.24, 2.45) is 0 Å². The molecule has 0 saturated carbocycles. The van der Waals surface area contributed by atoms with E-state index >= 15 is 0 Å². The smallest absolute Gasteiger partial charge is 0.147 e. The van der Waals surface area contributed by atoms with Crippen molar-refractivity contribution in [3.8, 4) is 0 Å². The third-order valence-electron chi connectivity index (χ3n) is 3.06. The molecule has 0 saturated heterocycles. The summed E-state index contributed by atoms with van der Waals surface area (Å²) in [5.74, 6) is 0. The fourth-order valence-electron chi connectivity index (χ4n) is 1.59. The molecule has 0 aliphatic heterocycles. The minimum absolute atomic E-state index is 0.970. The first kappa shape index (κ1) is 23.6. The Kier molecular flexibility index (Phi) is 17.3. The normalized spacial score (nSPS) is 10.8. The van der Waals surface area contributed by atoms with Gasteiger partial charge in [-0.15, -0.1) is 0 Å². The molecule has 10 heteroatoms. The second-order valence-electron chi connectivity index (χ2n) is 5.09. The van der Waals surface area contributed by atoms with Crippen LogP contribution in [0.5, 0.6) is 0 Å². The van der Waals surface area contributed by atoms with E-state index in [1.807, 2.05) is 0 Å². The second kappa shape index (κ2) is 16.1. The Balaban J connectivity index is 3.69. The molecule has 0 radical (unpaired) electrons. The van der Waals surface area contributed by atoms with Gasteiger partial charge in [0.25, 0.3) is 0 Å². The molecule has 0 aromatic rings. The van der Waals surface area contributed by atoms with Crippen molar-refractivity contribution >= 4 is 94.8 Å². The van der Waals surface area contributed by atoms with Crippen LogP contribution in [0, 0.1) is 0 Å². The maximum atomic E-state index is 5.44. The predicted molar refractivity (Wildman–Crippen MR) is 129 cm³/mol. The van der Waals surface area contributed by atoms with E-state index in [-0.39, 0.29) is 0 Å². The molecule has 130 valence electrons. The minimum Gasteiger partial charge on any atom is -0.360 e. The van der Waals surface area contributed by atoms with E-state index in [2.05, 4.69) is 23.9 Å². The van der Waals surface area contributed by atoms with E-state index in [1.165, 1.54) is 58.3 Å². The largest absolute Gasteiger partial charge is 0.360 e. The van der Waals surface area contributed by atoms with E-state index in [0.29, 0.717) is 0 Å². The average Bonchev–Trinajstić information content (AvgIpc) is 2.51. The van der Waals surface area contributed by atoms with E-state index in [0.717, 1.165) is 21.7 Å². The molecule has 0 aliphatic carbocycles. The Morgan fingerprint density at radius 1 is 0.773 bits per heavy atom. The van der Waals surface area contributed by atoms with Crippen LogP contribution in [0.2, 0.25) is 12.1 Å². The number of hydrogen-bond acceptors (Lipinski definition) is 6. The summed E-state index contributed by atoms with van der Waals surface area (Å²) in [6, 6.07) is 2.78. The van der Waals surface area contributed by atoms with Crippen molar-refractivity contribution in [1.29, 1.82) is 0 Å². The lowest BCUT2D eigenvalue weighted by Crippen LogP contribution is -2.23. The number of hydrogen-bond donors (Lipinski definition) is 0. The van der Waals surface area contributed by atoms with Gasteiger partial charge in [0.2, 0.25) is 0 Å². The predicted octanol–water partition coefficient (Wildman–Crippen LogP) is 3.23. The summed E-state index contributed by atoms with van der Waals surface area (Å²) < 4.78 is 1.94. The number of unbranched alkanes of at least 4 members (excludes halogenated alkanes) is 2. The summed E-state index contributed by atoms with van der Waals surface area (Å²) in [7, 11) is 13.6. The summed E-state index contributed by atoms with van der Waals surface area (Å²) in [5.41, 5.74) is 0. The van der Waals surface area contributed by atoms with Gasteiger partial charge in [0.1, 0.15) is 8.64 Å². The zero-order valence-corrected chi connectivity index (χ0v) is 22.9. The lowest BCUT2D eigenvalue weighted by Gasteiger charge is -2.19. The van der Waals surface area contributed by atoms with E-state index < -0.39 is 0 Å². The maximum Gasteiger partial charge on any atom is 0.147 e. The molecule has 0 aromatic heterocycles. The highest BCUT2D eigenvalue weighted by molar-refractivity contribution is 9.29. The molecule has 0 spiro atoms. The van der Waals surface area contributed by atoms with Gasteiger partial charge in [-0.25, -0.2) is 0 Å². The Labute approximate surface area is 168 Å². The van der Waals surface area contributed by atoms with Crippen LogP contribution in [0.3, 0.4) is 0 Å². The van der Waals surface area contributed by atoms with Crippen LogP contribution in [0.15, 0.2) is 0 Å². The highest BCUT2D eigenvalue weighted by atomic mass is 33.7. The molecule has 0 fully saturated rings. The first-order valence-corrected chi connectivity index (χ1v) is 16.2. The number of nitrogens with zero attached hydrogens (tertiary/aromatic N) is 2. The van der Waals surface area contributed by atoms with E-state index in [9.17, 15) is 0 Å². The van der Waals surface area contributed by atoms with Gasteiger partial charge >= 0.3 is 0 Å². The Morgan fingerprint density at radius 3 is 1.45 bits per heavy atom. The van der Waals surface area contributed by atoms with Gasteiger partial charge in [-0.3, -0.25) is 0 Å². The van der Waals surface area contributed by atoms with Crippen LogP contribution < -0.4 is 0 Å². The summed E-state index contributed by atoms with van der Waals surface area (Å²) in [6.07, 6.45) is 5.18. The van der Waals surface area contributed by atoms with E-state index in [1.54, 1.807) is 41.2 Å². The molecule has 0 aromatic carbocycles. The molecule has 0 aliphatic rings. The van der Waals surface area contributed by atoms with Crippen molar-refractivity contribution in [3.05, 3.63) is 0 Å². The third kappa shape index (κ3) is 13.0. The van der Waals surface area contributed by atoms with Gasteiger partial charge in [0.05, 0.1) is 0 Å². The molecule has 0 rings (SSSR count). The zero-order valence-electron chi connectivity index (χ0n) is 14.0. The monoisotopic (exact) mass is 448 g/mol. The van der Waals surface area contributed by atoms with Gasteiger partial charge in [0, 0.05) is 47.7 Å². The molecule has 0 heterocycles. The topological polar surface area (TPSA) is 6.48 Å². The fraction of sp³-hybridized carbons (Fsp3) is 0.833. The second-order valence-corrected chi connectivity index (χ2v) is 14.0. The van der Waals surface area contributed by atoms with Crippen molar-refractivity contribution < 1.29 is 0 Å². The van der Waals surface area contributed by atoms with Gasteiger partial charge in [-0.05, 0) is 54.1 Å². The van der Waals surface area contributed by atoms with Crippen molar-refractivity contribution in [1.82, 2.24) is 9.80 Å². The molecule has 0 bridgehead atoms. The highest BCUT2D eigenvalue weighted by Crippen LogP contribution is 2.44. The Bertz CT molecular complexity index is 292. The Hall–Kier alpha value is 1.61. The minimum atomic E-state index is 0.970. The maximum absolute atomic E-state index is 5.44. The summed E-state index contributed by atoms with van der Waals surface area (Å²) in [6.45, 7) is 2.15. The highest BCUT2D eigenvalue weighted by Gasteiger charge is 2.08. The van der Waals surface area contributed by atoms with Crippen molar-refractivity contribution in [3.63, 3.8) is 0 Å². The summed E-state index contributed by atoms with van der Waals surface area (Å²) in [5, 5.41) is 0. The van der Waals surface area contributed by atoms with Crippen molar-refractivity contribution in [2.75, 3.05) is 27.2 Å². The number of rotatable bonds is 11. The first-order valence-electron chi connectivity index (χ1n) is 7.70. The van der Waals surface area contributed by atoms with E-state index in [4.69, 9.17) is 24.4 Å². The molecule has 2 nitrogen and oxygen atoms in total. The lowest BCUT2D eigenvalue weighted by atomic mass is 10.3. The standard InChI is InChI=1S/C12H28N2S6Si2/c1-13(7-3-5-9-21)11(15)17-19-20-18-12(16)14(2)8-4-6-10-22/h3-10H2,1-2,21-22H3. The van der Waals surface area contributed by atoms with Gasteiger partial charge < -0.3 is 9.80 Å². The molecule has 0 atom stereocenters. The molecular weight excluding hydrogens is 421 g/mol. The quantitative estimate of drug-likeness (QED) is 0.203. The van der Waals surface area contributed by atoms with Crippen LogP contribution in [-0.4, -0.2) is 66.1 Å². The van der Waals surface area contributed by atoms with Gasteiger partial charge in [0.15, 0.2) is 0 Å². The van der Waals surface area contributed by atoms with Crippen molar-refractivity contribution in [2.45, 2.75) is 37.8 Å². The zero-order chi connectivity index (χ0) is 16.8. The SMILES string of the molecule is CN(CCCC[SiH3])C(=S)SSSSC(=S)N(C)CCCC[SiH3]. The molecule has 0 amide bonds. The third-order valence-corrected chi connectivity index (χ3v) is 12.1. The number of thiocarbonyl (C=S) groups is 2. The Morgan fingerprint density at radius 2 is 1.14 bits per heavy atom. The fourth-order valence-corrected chi connectivity index (χ4v) is 9.21. The molecular formula is C12H28N2S6Si2. The first-order chi connectivity index (χ1) is 10.5. The molecule has 0 N–H and O–H groups in total. The molecule has 22 heavy (non-hydrogen) atoms. The lowest BCUT2D eigenvalue weighted by molar-refractivity contribution is 0.500. The average molecular weight is 449 g/mol. The van der Waals surface area contributed by atoms with Crippen LogP contribution in [0.25, 0.3) is 0 Å².